The van der Waals surface area contributed by atoms with Crippen LogP contribution in [0.15, 0.2) is 24.3 Å². The van der Waals surface area contributed by atoms with Crippen molar-refractivity contribution in [3.8, 4) is 5.69 Å². The lowest BCUT2D eigenvalue weighted by atomic mass is 9.83. The first-order chi connectivity index (χ1) is 12.1. The highest BCUT2D eigenvalue weighted by Gasteiger charge is 2.26. The minimum Gasteiger partial charge on any atom is -0.478 e. The van der Waals surface area contributed by atoms with Crippen LogP contribution in [0.3, 0.4) is 0 Å². The zero-order chi connectivity index (χ0) is 19.5. The molecule has 1 aromatic carbocycles. The number of aromatic carboxylic acids is 1. The van der Waals surface area contributed by atoms with E-state index in [0.717, 1.165) is 12.8 Å². The second-order valence-corrected chi connectivity index (χ2v) is 8.26. The van der Waals surface area contributed by atoms with Gasteiger partial charge in [0.15, 0.2) is 0 Å². The van der Waals surface area contributed by atoms with Gasteiger partial charge in [0.2, 0.25) is 0 Å². The summed E-state index contributed by atoms with van der Waals surface area (Å²) in [5, 5.41) is 14.3. The Morgan fingerprint density at radius 2 is 1.96 bits per heavy atom. The summed E-state index contributed by atoms with van der Waals surface area (Å²) in [6.45, 7) is 10.6. The van der Waals surface area contributed by atoms with E-state index in [-0.39, 0.29) is 16.9 Å². The first kappa shape index (κ1) is 20.1. The van der Waals surface area contributed by atoms with Crippen LogP contribution in [0.4, 0.5) is 4.39 Å². The van der Waals surface area contributed by atoms with E-state index in [2.05, 4.69) is 32.8 Å². The average Bonchev–Trinajstić information content (AvgIpc) is 2.84. The Morgan fingerprint density at radius 1 is 1.31 bits per heavy atom. The summed E-state index contributed by atoms with van der Waals surface area (Å²) in [5.74, 6) is -1.11. The number of carbonyl (C=O) groups is 1. The van der Waals surface area contributed by atoms with Gasteiger partial charge in [-0.05, 0) is 42.7 Å². The van der Waals surface area contributed by atoms with Crippen molar-refractivity contribution in [1.29, 1.82) is 0 Å². The van der Waals surface area contributed by atoms with E-state index in [0.29, 0.717) is 29.9 Å². The van der Waals surface area contributed by atoms with Crippen LogP contribution < -0.4 is 0 Å². The lowest BCUT2D eigenvalue weighted by Gasteiger charge is -2.22. The molecule has 26 heavy (non-hydrogen) atoms. The predicted octanol–water partition coefficient (Wildman–Crippen LogP) is 5.28. The van der Waals surface area contributed by atoms with Gasteiger partial charge in [0.1, 0.15) is 17.1 Å². The topological polar surface area (TPSA) is 55.1 Å². The fraction of sp³-hybridized carbons (Fsp3) is 0.524. The maximum Gasteiger partial charge on any atom is 0.339 e. The van der Waals surface area contributed by atoms with E-state index in [1.54, 1.807) is 18.2 Å². The highest BCUT2D eigenvalue weighted by molar-refractivity contribution is 5.90. The second-order valence-electron chi connectivity index (χ2n) is 8.26. The molecule has 1 atom stereocenters. The van der Waals surface area contributed by atoms with Crippen LogP contribution in [-0.2, 0) is 12.8 Å². The number of halogens is 1. The average molecular weight is 360 g/mol. The molecule has 0 aliphatic carbocycles. The Hall–Kier alpha value is -2.17. The van der Waals surface area contributed by atoms with Crippen LogP contribution >= 0.6 is 0 Å². The van der Waals surface area contributed by atoms with Crippen LogP contribution in [0.1, 0.15) is 69.2 Å². The van der Waals surface area contributed by atoms with Gasteiger partial charge in [-0.15, -0.1) is 0 Å². The summed E-state index contributed by atoms with van der Waals surface area (Å²) in [7, 11) is 0. The molecular weight excluding hydrogens is 331 g/mol. The molecule has 1 N–H and O–H groups in total. The number of nitrogens with zero attached hydrogens (tertiary/aromatic N) is 2. The number of para-hydroxylation sites is 1. The van der Waals surface area contributed by atoms with Crippen LogP contribution in [0.5, 0.6) is 0 Å². The molecule has 0 fully saturated rings. The fourth-order valence-corrected chi connectivity index (χ4v) is 3.63. The van der Waals surface area contributed by atoms with Crippen molar-refractivity contribution in [2.75, 3.05) is 0 Å². The molecule has 2 aromatic rings. The molecule has 0 aliphatic heterocycles. The molecule has 0 radical (unpaired) electrons. The van der Waals surface area contributed by atoms with Crippen LogP contribution in [0, 0.1) is 17.2 Å². The molecule has 2 rings (SSSR count). The molecule has 0 saturated heterocycles. The molecule has 1 aromatic heterocycles. The second kappa shape index (κ2) is 8.02. The van der Waals surface area contributed by atoms with Gasteiger partial charge in [-0.3, -0.25) is 0 Å². The molecule has 0 aliphatic rings. The van der Waals surface area contributed by atoms with Gasteiger partial charge in [0.05, 0.1) is 11.4 Å². The number of carboxylic acid groups (broad SMARTS) is 1. The summed E-state index contributed by atoms with van der Waals surface area (Å²) < 4.78 is 15.8. The molecule has 1 unspecified atom stereocenters. The van der Waals surface area contributed by atoms with Crippen molar-refractivity contribution in [1.82, 2.24) is 9.78 Å². The molecular formula is C21H29FN2O2. The van der Waals surface area contributed by atoms with Gasteiger partial charge >= 0.3 is 5.97 Å². The summed E-state index contributed by atoms with van der Waals surface area (Å²) in [6, 6.07) is 6.36. The highest BCUT2D eigenvalue weighted by atomic mass is 19.1. The van der Waals surface area contributed by atoms with E-state index >= 15 is 0 Å². The molecule has 0 amide bonds. The number of benzene rings is 1. The van der Waals surface area contributed by atoms with Crippen LogP contribution in [-0.4, -0.2) is 20.9 Å². The largest absolute Gasteiger partial charge is 0.478 e. The molecule has 0 saturated carbocycles. The number of rotatable bonds is 7. The molecule has 0 spiro atoms. The third-order valence-corrected chi connectivity index (χ3v) is 4.34. The Morgan fingerprint density at radius 3 is 2.50 bits per heavy atom. The van der Waals surface area contributed by atoms with Crippen LogP contribution in [0.2, 0.25) is 0 Å². The quantitative estimate of drug-likeness (QED) is 0.731. The maximum absolute atomic E-state index is 14.3. The van der Waals surface area contributed by atoms with Crippen molar-refractivity contribution in [2.24, 2.45) is 11.3 Å². The van der Waals surface area contributed by atoms with Crippen LogP contribution in [0.25, 0.3) is 5.69 Å². The number of hydrogen-bond acceptors (Lipinski definition) is 2. The fourth-order valence-electron chi connectivity index (χ4n) is 3.63. The number of carboxylic acids is 1. The van der Waals surface area contributed by atoms with E-state index < -0.39 is 11.8 Å². The lowest BCUT2D eigenvalue weighted by Crippen LogP contribution is -2.14. The van der Waals surface area contributed by atoms with Gasteiger partial charge in [-0.1, -0.05) is 53.2 Å². The Kier molecular flexibility index (Phi) is 6.21. The van der Waals surface area contributed by atoms with Crippen molar-refractivity contribution < 1.29 is 14.3 Å². The molecule has 142 valence electrons. The van der Waals surface area contributed by atoms with E-state index in [4.69, 9.17) is 0 Å². The molecule has 0 bridgehead atoms. The maximum atomic E-state index is 14.3. The summed E-state index contributed by atoms with van der Waals surface area (Å²) in [6.07, 6.45) is 2.83. The van der Waals surface area contributed by atoms with Crippen molar-refractivity contribution in [3.05, 3.63) is 47.0 Å². The number of aromatic nitrogens is 2. The van der Waals surface area contributed by atoms with Gasteiger partial charge in [-0.2, -0.15) is 5.10 Å². The van der Waals surface area contributed by atoms with Gasteiger partial charge < -0.3 is 5.11 Å². The van der Waals surface area contributed by atoms with Gasteiger partial charge in [0, 0.05) is 0 Å². The highest BCUT2D eigenvalue weighted by Crippen LogP contribution is 2.29. The molecule has 5 heteroatoms. The Labute approximate surface area is 155 Å². The SMILES string of the molecule is CCCc1c(C(=O)O)c(CC(C)CC(C)(C)C)nn1-c1ccccc1F. The first-order valence-corrected chi connectivity index (χ1v) is 9.23. The minimum atomic E-state index is -0.992. The van der Waals surface area contributed by atoms with Crippen molar-refractivity contribution in [3.63, 3.8) is 0 Å². The Balaban J connectivity index is 2.53. The smallest absolute Gasteiger partial charge is 0.339 e. The predicted molar refractivity (Wildman–Crippen MR) is 101 cm³/mol. The van der Waals surface area contributed by atoms with Crippen molar-refractivity contribution >= 4 is 5.97 Å². The summed E-state index contributed by atoms with van der Waals surface area (Å²) in [5.41, 5.74) is 1.80. The zero-order valence-corrected chi connectivity index (χ0v) is 16.3. The standard InChI is InChI=1S/C21H29FN2O2/c1-6-9-18-19(20(25)26)16(12-14(2)13-21(3,4)5)23-24(18)17-11-8-7-10-15(17)22/h7-8,10-11,14H,6,9,12-13H2,1-5H3,(H,25,26). The Bertz CT molecular complexity index is 775. The third kappa shape index (κ3) is 4.71. The first-order valence-electron chi connectivity index (χ1n) is 9.23. The third-order valence-electron chi connectivity index (χ3n) is 4.34. The summed E-state index contributed by atoms with van der Waals surface area (Å²) in [4.78, 5) is 12.0. The van der Waals surface area contributed by atoms with Gasteiger partial charge in [0.25, 0.3) is 0 Å². The van der Waals surface area contributed by atoms with Gasteiger partial charge in [-0.25, -0.2) is 13.9 Å². The molecule has 1 heterocycles. The van der Waals surface area contributed by atoms with E-state index in [1.165, 1.54) is 10.7 Å². The summed E-state index contributed by atoms with van der Waals surface area (Å²) >= 11 is 0. The monoisotopic (exact) mass is 360 g/mol. The zero-order valence-electron chi connectivity index (χ0n) is 16.3. The van der Waals surface area contributed by atoms with E-state index in [1.807, 2.05) is 6.92 Å². The van der Waals surface area contributed by atoms with Crippen molar-refractivity contribution in [2.45, 2.75) is 60.3 Å². The number of hydrogen-bond donors (Lipinski definition) is 1. The normalized spacial score (nSPS) is 13.0. The lowest BCUT2D eigenvalue weighted by molar-refractivity contribution is 0.0694. The van der Waals surface area contributed by atoms with E-state index in [9.17, 15) is 14.3 Å². The molecule has 4 nitrogen and oxygen atoms in total. The minimum absolute atomic E-state index is 0.156.